The number of aryl methyl sites for hydroxylation is 1. The summed E-state index contributed by atoms with van der Waals surface area (Å²) in [6.07, 6.45) is 0.584. The van der Waals surface area contributed by atoms with Crippen LogP contribution >= 0.6 is 0 Å². The second-order valence-electron chi connectivity index (χ2n) is 10.2. The van der Waals surface area contributed by atoms with Gasteiger partial charge in [-0.2, -0.15) is 5.10 Å². The van der Waals surface area contributed by atoms with Crippen molar-refractivity contribution in [3.8, 4) is 0 Å². The van der Waals surface area contributed by atoms with E-state index >= 15 is 0 Å². The summed E-state index contributed by atoms with van der Waals surface area (Å²) in [7, 11) is 0. The van der Waals surface area contributed by atoms with Gasteiger partial charge in [-0.1, -0.05) is 55.8 Å². The second-order valence-corrected chi connectivity index (χ2v) is 10.2. The number of amides is 1. The van der Waals surface area contributed by atoms with Crippen molar-refractivity contribution in [2.24, 2.45) is 5.16 Å². The molecule has 1 atom stereocenters. The zero-order valence-corrected chi connectivity index (χ0v) is 21.3. The predicted octanol–water partition coefficient (Wildman–Crippen LogP) is 4.12. The number of esters is 1. The van der Waals surface area contributed by atoms with E-state index in [1.807, 2.05) is 51.1 Å². The third-order valence-corrected chi connectivity index (χ3v) is 5.74. The number of ether oxygens (including phenoxy) is 1. The Morgan fingerprint density at radius 1 is 1.26 bits per heavy atom. The Morgan fingerprint density at radius 2 is 2.00 bits per heavy atom. The molecule has 1 aliphatic heterocycles. The molecule has 8 heteroatoms. The minimum atomic E-state index is -1.23. The smallest absolute Gasteiger partial charge is 0.354 e. The van der Waals surface area contributed by atoms with Gasteiger partial charge in [-0.3, -0.25) is 9.48 Å². The Morgan fingerprint density at radius 3 is 2.62 bits per heavy atom. The molecule has 0 fully saturated rings. The normalized spacial score (nSPS) is 17.9. The second kappa shape index (κ2) is 9.99. The summed E-state index contributed by atoms with van der Waals surface area (Å²) in [4.78, 5) is 31.6. The van der Waals surface area contributed by atoms with E-state index in [0.29, 0.717) is 17.8 Å². The molecule has 0 spiro atoms. The van der Waals surface area contributed by atoms with Crippen molar-refractivity contribution >= 4 is 17.6 Å². The number of carbonyl (C=O) groups is 2. The molecule has 0 radical (unpaired) electrons. The Labute approximate surface area is 201 Å². The van der Waals surface area contributed by atoms with Gasteiger partial charge in [0, 0.05) is 24.3 Å². The Hall–Kier alpha value is -3.16. The summed E-state index contributed by atoms with van der Waals surface area (Å²) in [5, 5.41) is 11.7. The minimum absolute atomic E-state index is 0.0368. The molecule has 2 aromatic rings. The molecular formula is C26H36N4O4. The maximum Gasteiger partial charge on any atom is 0.354 e. The van der Waals surface area contributed by atoms with Gasteiger partial charge in [0.1, 0.15) is 5.69 Å². The first-order valence-corrected chi connectivity index (χ1v) is 11.8. The summed E-state index contributed by atoms with van der Waals surface area (Å²) < 4.78 is 7.05. The molecule has 1 N–H and O–H groups in total. The summed E-state index contributed by atoms with van der Waals surface area (Å²) in [5.41, 5.74) is 2.59. The molecule has 1 unspecified atom stereocenters. The van der Waals surface area contributed by atoms with Gasteiger partial charge in [0.25, 0.3) is 5.91 Å². The molecule has 0 aliphatic carbocycles. The van der Waals surface area contributed by atoms with Crippen LogP contribution in [0.15, 0.2) is 35.5 Å². The predicted molar refractivity (Wildman–Crippen MR) is 131 cm³/mol. The number of hydrogen-bond donors (Lipinski definition) is 1. The van der Waals surface area contributed by atoms with Gasteiger partial charge in [-0.05, 0) is 39.3 Å². The Balaban J connectivity index is 1.73. The molecule has 3 rings (SSSR count). The third kappa shape index (κ3) is 5.66. The Bertz CT molecular complexity index is 1080. The number of hydrogen-bond acceptors (Lipinski definition) is 6. The first-order valence-electron chi connectivity index (χ1n) is 11.8. The van der Waals surface area contributed by atoms with E-state index in [1.165, 1.54) is 0 Å². The Kier molecular flexibility index (Phi) is 7.48. The van der Waals surface area contributed by atoms with Crippen LogP contribution in [0.1, 0.15) is 81.3 Å². The number of oxime groups is 1. The maximum atomic E-state index is 13.0. The quantitative estimate of drug-likeness (QED) is 0.588. The van der Waals surface area contributed by atoms with E-state index in [9.17, 15) is 9.59 Å². The average Bonchev–Trinajstić information content (AvgIpc) is 3.38. The summed E-state index contributed by atoms with van der Waals surface area (Å²) in [6.45, 7) is 14.4. The van der Waals surface area contributed by atoms with Crippen LogP contribution in [0, 0.1) is 6.92 Å². The highest BCUT2D eigenvalue weighted by atomic mass is 16.7. The molecule has 1 aromatic carbocycles. The summed E-state index contributed by atoms with van der Waals surface area (Å²) in [6, 6.07) is 9.80. The lowest BCUT2D eigenvalue weighted by Crippen LogP contribution is -2.43. The molecule has 184 valence electrons. The van der Waals surface area contributed by atoms with Gasteiger partial charge in [-0.15, -0.1) is 0 Å². The van der Waals surface area contributed by atoms with Crippen molar-refractivity contribution in [3.05, 3.63) is 52.8 Å². The van der Waals surface area contributed by atoms with Crippen molar-refractivity contribution in [1.29, 1.82) is 0 Å². The number of nitrogens with one attached hydrogen (secondary N) is 1. The molecule has 0 saturated heterocycles. The van der Waals surface area contributed by atoms with Gasteiger partial charge in [0.2, 0.25) is 5.60 Å². The molecule has 8 nitrogen and oxygen atoms in total. The highest BCUT2D eigenvalue weighted by Crippen LogP contribution is 2.30. The molecular weight excluding hydrogens is 432 g/mol. The van der Waals surface area contributed by atoms with Crippen molar-refractivity contribution in [1.82, 2.24) is 15.1 Å². The van der Waals surface area contributed by atoms with Gasteiger partial charge >= 0.3 is 5.97 Å². The molecule has 1 aromatic heterocycles. The maximum absolute atomic E-state index is 13.0. The highest BCUT2D eigenvalue weighted by Gasteiger charge is 2.48. The van der Waals surface area contributed by atoms with Crippen LogP contribution in [-0.2, 0) is 26.2 Å². The van der Waals surface area contributed by atoms with E-state index in [2.05, 4.69) is 36.3 Å². The van der Waals surface area contributed by atoms with Crippen molar-refractivity contribution in [2.75, 3.05) is 13.2 Å². The largest absolute Gasteiger partial charge is 0.463 e. The fourth-order valence-electron chi connectivity index (χ4n) is 3.93. The standard InChI is InChI=1S/C26H36N4O4/c1-8-33-24(32)26(14-19-11-9-10-18(4)12-19)15-20(29-34-26)16-27-23(31)21-13-22(25(5,6)7)28-30(21)17(2)3/h9-13,17H,8,14-16H2,1-7H3,(H,27,31). The monoisotopic (exact) mass is 468 g/mol. The van der Waals surface area contributed by atoms with Crippen molar-refractivity contribution in [3.63, 3.8) is 0 Å². The van der Waals surface area contributed by atoms with Crippen LogP contribution in [0.3, 0.4) is 0 Å². The summed E-state index contributed by atoms with van der Waals surface area (Å²) >= 11 is 0. The molecule has 34 heavy (non-hydrogen) atoms. The van der Waals surface area contributed by atoms with Gasteiger partial charge in [0.05, 0.1) is 24.6 Å². The van der Waals surface area contributed by atoms with E-state index < -0.39 is 11.6 Å². The molecule has 1 aliphatic rings. The lowest BCUT2D eigenvalue weighted by molar-refractivity contribution is -0.168. The number of rotatable bonds is 8. The zero-order chi connectivity index (χ0) is 25.1. The number of aromatic nitrogens is 2. The average molecular weight is 469 g/mol. The lowest BCUT2D eigenvalue weighted by Gasteiger charge is -2.24. The molecule has 0 bridgehead atoms. The van der Waals surface area contributed by atoms with Crippen molar-refractivity contribution in [2.45, 2.75) is 78.4 Å². The van der Waals surface area contributed by atoms with Crippen LogP contribution in [-0.4, -0.2) is 46.1 Å². The SMILES string of the molecule is CCOC(=O)C1(Cc2cccc(C)c2)CC(CNC(=O)c2cc(C(C)(C)C)nn2C(C)C)=NO1. The highest BCUT2D eigenvalue weighted by molar-refractivity contribution is 5.99. The van der Waals surface area contributed by atoms with E-state index in [0.717, 1.165) is 16.8 Å². The summed E-state index contributed by atoms with van der Waals surface area (Å²) in [5.74, 6) is -0.694. The fourth-order valence-corrected chi connectivity index (χ4v) is 3.93. The molecule has 2 heterocycles. The first-order chi connectivity index (χ1) is 15.9. The van der Waals surface area contributed by atoms with Gasteiger partial charge in [0.15, 0.2) is 0 Å². The lowest BCUT2D eigenvalue weighted by atomic mass is 9.89. The molecule has 1 amide bonds. The van der Waals surface area contributed by atoms with E-state index in [4.69, 9.17) is 9.57 Å². The van der Waals surface area contributed by atoms with Crippen LogP contribution in [0.5, 0.6) is 0 Å². The number of benzene rings is 1. The fraction of sp³-hybridized carbons (Fsp3) is 0.538. The van der Waals surface area contributed by atoms with Crippen LogP contribution < -0.4 is 5.32 Å². The topological polar surface area (TPSA) is 94.8 Å². The van der Waals surface area contributed by atoms with Gasteiger partial charge < -0.3 is 14.9 Å². The van der Waals surface area contributed by atoms with Crippen LogP contribution in [0.2, 0.25) is 0 Å². The number of nitrogens with zero attached hydrogens (tertiary/aromatic N) is 3. The van der Waals surface area contributed by atoms with E-state index in [-0.39, 0.29) is 36.9 Å². The zero-order valence-electron chi connectivity index (χ0n) is 21.3. The van der Waals surface area contributed by atoms with E-state index in [1.54, 1.807) is 11.6 Å². The first kappa shape index (κ1) is 25.5. The minimum Gasteiger partial charge on any atom is -0.463 e. The molecule has 0 saturated carbocycles. The van der Waals surface area contributed by atoms with Crippen LogP contribution in [0.25, 0.3) is 0 Å². The van der Waals surface area contributed by atoms with Gasteiger partial charge in [-0.25, -0.2) is 4.79 Å². The number of carbonyl (C=O) groups excluding carboxylic acids is 2. The third-order valence-electron chi connectivity index (χ3n) is 5.74. The van der Waals surface area contributed by atoms with Crippen LogP contribution in [0.4, 0.5) is 0 Å². The van der Waals surface area contributed by atoms with Crippen molar-refractivity contribution < 1.29 is 19.2 Å².